The van der Waals surface area contributed by atoms with Crippen LogP contribution in [0.25, 0.3) is 0 Å². The fourth-order valence-corrected chi connectivity index (χ4v) is 9.45. The molecule has 18 N–H and O–H groups in total. The first-order valence-electron chi connectivity index (χ1n) is 27.5. The smallest absolute Gasteiger partial charge is 0.317 e. The molecule has 0 aliphatic heterocycles. The van der Waals surface area contributed by atoms with E-state index >= 15 is 0 Å². The molecule has 1 unspecified atom stereocenters. The number of nitrogens with two attached hydrogens (primary N) is 1. The van der Waals surface area contributed by atoms with Crippen molar-refractivity contribution in [3.8, 4) is 0 Å². The molecule has 0 spiro atoms. The Morgan fingerprint density at radius 3 is 1.08 bits per heavy atom. The molecule has 0 aliphatic rings. The molecule has 0 aromatic heterocycles. The van der Waals surface area contributed by atoms with E-state index in [0.29, 0.717) is 41.9 Å². The lowest BCUT2D eigenvalue weighted by Gasteiger charge is -2.34. The minimum Gasteiger partial charge on any atom is -0.480 e. The van der Waals surface area contributed by atoms with Gasteiger partial charge in [0.05, 0.1) is 84.7 Å². The van der Waals surface area contributed by atoms with Gasteiger partial charge in [-0.2, -0.15) is 0 Å². The molecule has 0 saturated carbocycles. The molecule has 0 bridgehead atoms. The quantitative estimate of drug-likeness (QED) is 0.0171. The van der Waals surface area contributed by atoms with Crippen molar-refractivity contribution in [3.05, 3.63) is 59.7 Å². The maximum atomic E-state index is 13.1. The minimum absolute atomic E-state index is 0.000483. The average Bonchev–Trinajstić information content (AvgIpc) is 2.20. The van der Waals surface area contributed by atoms with Gasteiger partial charge in [-0.15, -0.1) is 0 Å². The topological polar surface area (TPSA) is 525 Å². The van der Waals surface area contributed by atoms with E-state index < -0.39 is 162 Å². The fourth-order valence-electron chi connectivity index (χ4n) is 9.04. The molecule has 2 amide bonds. The standard InChI is InChI=1S/C53H77N13O22S2/c54-40(67)19-56-51(88)39(57-32-58-53(90)60-36-10-6-34(7-11-36)18-38(66(30-49(84)85)31-50(86)87)21-62(23-42(70)71)14-16-64(26-45(76)77)27-46(78)79)3-1-2-12-55-52(89)59-35-8-4-33(5-9-35)17-37(65(28-47(80)81)29-48(82)83)20-61(22-41(68)69)13-15-63(24-43(72)73)25-44(74)75/h4-11,37-39,57H,1-3,12-32H2,(H2,54,67)(H,56,88)(H,68,69)(H,70,71)(H,72,73)(H,74,75)(H,76,77)(H,78,79)(H,80,81)(H,82,83)(H,84,85)(H,86,87)(H2,55,59,89)(H2,58,60,90)/t37-,38-,39?/m0/s1. The van der Waals surface area contributed by atoms with Crippen LogP contribution in [0, 0.1) is 0 Å². The molecular formula is C53H77N13O22S2. The molecule has 3 atom stereocenters. The molecule has 0 fully saturated rings. The zero-order chi connectivity index (χ0) is 67.5. The number of aliphatic carboxylic acids is 10. The monoisotopic (exact) mass is 1310 g/mol. The van der Waals surface area contributed by atoms with Gasteiger partial charge in [0.1, 0.15) is 0 Å². The van der Waals surface area contributed by atoms with Gasteiger partial charge >= 0.3 is 59.7 Å². The SMILES string of the molecule is NC(=O)CNC(=O)C(CCCCNC(=S)Nc1ccc(C[C@@H](CN(CCN(CC(=O)O)CC(=O)O)CC(=O)O)N(CC(=O)O)CC(=O)O)cc1)NCNC(=S)Nc1ccc(C[C@@H](CN(CCN(CC(=O)O)CC(=O)O)CC(=O)O)N(CC(=O)O)CC(=O)O)cc1. The van der Waals surface area contributed by atoms with E-state index in [2.05, 4.69) is 31.9 Å². The molecule has 90 heavy (non-hydrogen) atoms. The number of anilines is 2. The van der Waals surface area contributed by atoms with E-state index in [1.807, 2.05) is 0 Å². The number of hydrogen-bond acceptors (Lipinski definition) is 21. The summed E-state index contributed by atoms with van der Waals surface area (Å²) in [6.07, 6.45) is 1.23. The molecule has 2 aromatic carbocycles. The molecule has 0 saturated heterocycles. The van der Waals surface area contributed by atoms with Gasteiger partial charge in [0, 0.05) is 69.3 Å². The van der Waals surface area contributed by atoms with Gasteiger partial charge in [0.15, 0.2) is 10.2 Å². The molecular weight excluding hydrogens is 1230 g/mol. The number of unbranched alkanes of at least 4 members (excludes halogenated alkanes) is 1. The number of hydrogen-bond donors (Lipinski definition) is 17. The van der Waals surface area contributed by atoms with Crippen molar-refractivity contribution in [2.75, 3.05) is 135 Å². The van der Waals surface area contributed by atoms with Crippen molar-refractivity contribution in [2.45, 2.75) is 50.2 Å². The Labute approximate surface area is 525 Å². The lowest BCUT2D eigenvalue weighted by molar-refractivity contribution is -0.145. The maximum absolute atomic E-state index is 13.1. The summed E-state index contributed by atoms with van der Waals surface area (Å²) >= 11 is 10.9. The van der Waals surface area contributed by atoms with E-state index in [4.69, 9.17) is 30.2 Å². The van der Waals surface area contributed by atoms with Crippen molar-refractivity contribution >= 4 is 118 Å². The molecule has 0 heterocycles. The Bertz CT molecular complexity index is 2720. The highest BCUT2D eigenvalue weighted by molar-refractivity contribution is 7.80. The average molecular weight is 1310 g/mol. The van der Waals surface area contributed by atoms with Crippen LogP contribution in [0.3, 0.4) is 0 Å². The van der Waals surface area contributed by atoms with Gasteiger partial charge in [0.25, 0.3) is 0 Å². The summed E-state index contributed by atoms with van der Waals surface area (Å²) in [4.78, 5) is 148. The molecule has 37 heteroatoms. The van der Waals surface area contributed by atoms with Crippen LogP contribution in [0.1, 0.15) is 30.4 Å². The van der Waals surface area contributed by atoms with E-state index in [1.54, 1.807) is 48.5 Å². The van der Waals surface area contributed by atoms with Crippen molar-refractivity contribution in [2.24, 2.45) is 5.73 Å². The highest BCUT2D eigenvalue weighted by atomic mass is 32.1. The Morgan fingerprint density at radius 1 is 0.422 bits per heavy atom. The van der Waals surface area contributed by atoms with Crippen molar-refractivity contribution in [1.29, 1.82) is 0 Å². The van der Waals surface area contributed by atoms with Crippen molar-refractivity contribution in [1.82, 2.24) is 50.7 Å². The van der Waals surface area contributed by atoms with Crippen molar-refractivity contribution < 1.29 is 109 Å². The summed E-state index contributed by atoms with van der Waals surface area (Å²) in [6.45, 7) is -8.15. The first-order valence-corrected chi connectivity index (χ1v) is 28.3. The van der Waals surface area contributed by atoms with Gasteiger partial charge in [-0.3, -0.25) is 92.3 Å². The van der Waals surface area contributed by atoms with E-state index in [0.717, 1.165) is 19.6 Å². The van der Waals surface area contributed by atoms with Gasteiger partial charge in [-0.25, -0.2) is 0 Å². The van der Waals surface area contributed by atoms with Gasteiger partial charge in [0.2, 0.25) is 11.8 Å². The molecule has 2 rings (SSSR count). The second-order valence-corrected chi connectivity index (χ2v) is 21.2. The number of thiocarbonyl (C=S) groups is 2. The Kier molecular flexibility index (Phi) is 35.6. The zero-order valence-corrected chi connectivity index (χ0v) is 50.4. The number of nitrogens with one attached hydrogen (secondary N) is 6. The summed E-state index contributed by atoms with van der Waals surface area (Å²) in [5, 5.41) is 113. The number of carbonyl (C=O) groups excluding carboxylic acids is 2. The number of nitrogens with zero attached hydrogens (tertiary/aromatic N) is 6. The minimum atomic E-state index is -1.37. The highest BCUT2D eigenvalue weighted by Gasteiger charge is 2.30. The van der Waals surface area contributed by atoms with Crippen LogP contribution in [0.2, 0.25) is 0 Å². The third kappa shape index (κ3) is 35.9. The number of rotatable bonds is 49. The molecule has 0 aliphatic carbocycles. The first kappa shape index (κ1) is 77.3. The first-order chi connectivity index (χ1) is 42.3. The second-order valence-electron chi connectivity index (χ2n) is 20.4. The fraction of sp³-hybridized carbons (Fsp3) is 0.509. The zero-order valence-electron chi connectivity index (χ0n) is 48.8. The van der Waals surface area contributed by atoms with Gasteiger partial charge in [-0.05, 0) is 91.9 Å². The molecule has 2 aromatic rings. The lowest BCUT2D eigenvalue weighted by atomic mass is 10.0. The third-order valence-electron chi connectivity index (χ3n) is 12.9. The summed E-state index contributed by atoms with van der Waals surface area (Å²) < 4.78 is 0. The van der Waals surface area contributed by atoms with Crippen LogP contribution in [-0.2, 0) is 70.4 Å². The lowest BCUT2D eigenvalue weighted by Crippen LogP contribution is -2.51. The van der Waals surface area contributed by atoms with Gasteiger partial charge < -0.3 is 83.4 Å². The number of benzene rings is 2. The third-order valence-corrected chi connectivity index (χ3v) is 13.4. The van der Waals surface area contributed by atoms with Crippen LogP contribution < -0.4 is 37.6 Å². The Hall–Kier alpha value is -8.82. The molecule has 35 nitrogen and oxygen atoms in total. The molecule has 498 valence electrons. The summed E-state index contributed by atoms with van der Waals surface area (Å²) in [5.41, 5.74) is 7.37. The number of carboxylic acid groups (broad SMARTS) is 10. The predicted molar refractivity (Wildman–Crippen MR) is 325 cm³/mol. The number of amides is 2. The normalized spacial score (nSPS) is 12.2. The highest BCUT2D eigenvalue weighted by Crippen LogP contribution is 2.18. The van der Waals surface area contributed by atoms with Crippen LogP contribution >= 0.6 is 24.4 Å². The van der Waals surface area contributed by atoms with Crippen LogP contribution in [0.5, 0.6) is 0 Å². The van der Waals surface area contributed by atoms with E-state index in [-0.39, 0.29) is 75.4 Å². The van der Waals surface area contributed by atoms with E-state index in [9.17, 15) is 109 Å². The molecule has 0 radical (unpaired) electrons. The number of primary amides is 1. The van der Waals surface area contributed by atoms with Gasteiger partial charge in [-0.1, -0.05) is 24.3 Å². The number of carboxylic acids is 10. The number of carbonyl (C=O) groups is 12. The van der Waals surface area contributed by atoms with E-state index in [1.165, 1.54) is 9.80 Å². The van der Waals surface area contributed by atoms with Crippen molar-refractivity contribution in [3.63, 3.8) is 0 Å². The maximum Gasteiger partial charge on any atom is 0.317 e. The largest absolute Gasteiger partial charge is 0.480 e. The summed E-state index contributed by atoms with van der Waals surface area (Å²) in [7, 11) is 0. The Balaban J connectivity index is 2.10. The predicted octanol–water partition coefficient (Wildman–Crippen LogP) is -3.87. The summed E-state index contributed by atoms with van der Waals surface area (Å²) in [5.74, 6) is -14.7. The second kappa shape index (κ2) is 41.4. The Morgan fingerprint density at radius 2 is 0.744 bits per heavy atom. The van der Waals surface area contributed by atoms with Crippen LogP contribution in [0.15, 0.2) is 48.5 Å². The van der Waals surface area contributed by atoms with Crippen LogP contribution in [0.4, 0.5) is 11.4 Å². The van der Waals surface area contributed by atoms with Crippen LogP contribution in [-0.4, -0.2) is 305 Å². The summed E-state index contributed by atoms with van der Waals surface area (Å²) in [6, 6.07) is 10.4.